The average Bonchev–Trinajstić information content (AvgIpc) is 3.22. The van der Waals surface area contributed by atoms with E-state index in [9.17, 15) is 5.21 Å². The Morgan fingerprint density at radius 1 is 1.28 bits per heavy atom. The van der Waals surface area contributed by atoms with Crippen molar-refractivity contribution in [1.82, 2.24) is 15.8 Å². The molecule has 0 amide bonds. The highest BCUT2D eigenvalue weighted by molar-refractivity contribution is 9.10. The first-order valence-corrected chi connectivity index (χ1v) is 11.7. The van der Waals surface area contributed by atoms with Gasteiger partial charge in [-0.3, -0.25) is 15.1 Å². The summed E-state index contributed by atoms with van der Waals surface area (Å²) in [6.07, 6.45) is 0. The predicted molar refractivity (Wildman–Crippen MR) is 119 cm³/mol. The third-order valence-electron chi connectivity index (χ3n) is 3.82. The van der Waals surface area contributed by atoms with Gasteiger partial charge >= 0.3 is 0 Å². The number of hydroxylamine groups is 1. The summed E-state index contributed by atoms with van der Waals surface area (Å²) >= 11 is 3.47. The highest BCUT2D eigenvalue weighted by atomic mass is 79.9. The van der Waals surface area contributed by atoms with Crippen molar-refractivity contribution in [2.24, 2.45) is 9.36 Å². The standard InChI is InChI=1S/C16H21BrN6O3S.C2H6/c1-11-2-3-12(10-13(11)17)20-16(21-24)14-15(23-26-22-14)18-4-5-19-27-8-6-25-7-9-27;1-2/h2-3,10,24H,4-9H2,1H3,(H,18,23)(H,20,21);1-2H3. The molecular weight excluding hydrogens is 460 g/mol. The van der Waals surface area contributed by atoms with Crippen LogP contribution in [0.25, 0.3) is 0 Å². The van der Waals surface area contributed by atoms with E-state index in [4.69, 9.17) is 9.37 Å². The minimum absolute atomic E-state index is 0.0805. The maximum absolute atomic E-state index is 9.49. The van der Waals surface area contributed by atoms with Crippen molar-refractivity contribution in [3.8, 4) is 0 Å². The van der Waals surface area contributed by atoms with Crippen LogP contribution in [0.3, 0.4) is 0 Å². The first kappa shape index (κ1) is 23.5. The lowest BCUT2D eigenvalue weighted by atomic mass is 10.2. The van der Waals surface area contributed by atoms with Gasteiger partial charge in [0, 0.05) is 22.5 Å². The van der Waals surface area contributed by atoms with Gasteiger partial charge in [-0.25, -0.2) is 9.62 Å². The molecule has 0 bridgehead atoms. The van der Waals surface area contributed by atoms with Gasteiger partial charge in [-0.2, -0.15) is 0 Å². The third kappa shape index (κ3) is 7.18. The van der Waals surface area contributed by atoms with Crippen LogP contribution in [0.1, 0.15) is 25.1 Å². The van der Waals surface area contributed by atoms with E-state index in [1.165, 1.54) is 0 Å². The second kappa shape index (κ2) is 12.7. The van der Waals surface area contributed by atoms with Crippen LogP contribution >= 0.6 is 15.9 Å². The zero-order valence-electron chi connectivity index (χ0n) is 16.8. The zero-order valence-corrected chi connectivity index (χ0v) is 19.2. The van der Waals surface area contributed by atoms with Crippen LogP contribution in [0.5, 0.6) is 0 Å². The van der Waals surface area contributed by atoms with Gasteiger partial charge in [0.1, 0.15) is 0 Å². The van der Waals surface area contributed by atoms with E-state index < -0.39 is 0 Å². The molecule has 1 aromatic carbocycles. The quantitative estimate of drug-likeness (QED) is 0.247. The summed E-state index contributed by atoms with van der Waals surface area (Å²) in [6.45, 7) is 8.79. The predicted octanol–water partition coefficient (Wildman–Crippen LogP) is 3.47. The Bertz CT molecular complexity index is 835. The van der Waals surface area contributed by atoms with Crippen molar-refractivity contribution in [2.45, 2.75) is 20.8 Å². The topological polar surface area (TPSA) is 117 Å². The Hall–Kier alpha value is -1.82. The molecule has 1 aliphatic rings. The molecule has 0 saturated carbocycles. The van der Waals surface area contributed by atoms with E-state index in [-0.39, 0.29) is 16.5 Å². The van der Waals surface area contributed by atoms with Crippen molar-refractivity contribution in [3.63, 3.8) is 0 Å². The first-order valence-electron chi connectivity index (χ1n) is 9.42. The number of halogens is 1. The number of hydrogen-bond acceptors (Lipinski definition) is 8. The first-order chi connectivity index (χ1) is 14.2. The summed E-state index contributed by atoms with van der Waals surface area (Å²) in [5.74, 6) is 2.52. The van der Waals surface area contributed by atoms with Crippen molar-refractivity contribution in [3.05, 3.63) is 33.9 Å². The number of ether oxygens (including phenoxy) is 1. The largest absolute Gasteiger partial charge is 0.380 e. The summed E-state index contributed by atoms with van der Waals surface area (Å²) in [7, 11) is 0.0805. The third-order valence-corrected chi connectivity index (χ3v) is 6.50. The summed E-state index contributed by atoms with van der Waals surface area (Å²) < 4.78 is 15.7. The number of benzene rings is 1. The zero-order chi connectivity index (χ0) is 21.1. The van der Waals surface area contributed by atoms with E-state index in [0.717, 1.165) is 34.8 Å². The molecule has 0 spiro atoms. The van der Waals surface area contributed by atoms with Gasteiger partial charge in [0.2, 0.25) is 5.82 Å². The van der Waals surface area contributed by atoms with Crippen LogP contribution in [0.4, 0.5) is 11.5 Å². The highest BCUT2D eigenvalue weighted by Gasteiger charge is 2.16. The van der Waals surface area contributed by atoms with Crippen LogP contribution in [-0.4, -0.2) is 59.2 Å². The molecule has 11 heteroatoms. The average molecular weight is 487 g/mol. The molecule has 2 aromatic rings. The molecule has 1 fully saturated rings. The van der Waals surface area contributed by atoms with Gasteiger partial charge in [0.05, 0.1) is 25.4 Å². The van der Waals surface area contributed by atoms with Crippen LogP contribution in [-0.2, 0) is 15.4 Å². The Morgan fingerprint density at radius 3 is 2.72 bits per heavy atom. The van der Waals surface area contributed by atoms with Crippen LogP contribution in [0, 0.1) is 6.92 Å². The summed E-state index contributed by atoms with van der Waals surface area (Å²) in [4.78, 5) is 4.37. The van der Waals surface area contributed by atoms with Crippen molar-refractivity contribution < 1.29 is 14.6 Å². The molecule has 29 heavy (non-hydrogen) atoms. The van der Waals surface area contributed by atoms with E-state index in [1.54, 1.807) is 0 Å². The van der Waals surface area contributed by atoms with Gasteiger partial charge in [-0.15, -0.1) is 0 Å². The summed E-state index contributed by atoms with van der Waals surface area (Å²) in [5.41, 5.74) is 4.10. The normalized spacial score (nSPS) is 14.7. The lowest BCUT2D eigenvalue weighted by molar-refractivity contribution is 0.160. The van der Waals surface area contributed by atoms with Crippen LogP contribution in [0.2, 0.25) is 0 Å². The monoisotopic (exact) mass is 486 g/mol. The fraction of sp³-hybridized carbons (Fsp3) is 0.500. The number of aromatic nitrogens is 2. The molecule has 1 aromatic heterocycles. The SMILES string of the molecule is CC.Cc1ccc(N=C(NO)c2nonc2NCCN=S2CCOCC2)cc1Br. The minimum atomic E-state index is 0.0805. The van der Waals surface area contributed by atoms with Gasteiger partial charge in [-0.05, 0) is 34.9 Å². The van der Waals surface area contributed by atoms with Crippen LogP contribution < -0.4 is 10.8 Å². The number of amidine groups is 1. The Kier molecular flexibility index (Phi) is 10.3. The molecular formula is C18H27BrN6O3S. The van der Waals surface area contributed by atoms with Crippen molar-refractivity contribution >= 4 is 44.0 Å². The van der Waals surface area contributed by atoms with Gasteiger partial charge in [0.15, 0.2) is 11.5 Å². The Balaban J connectivity index is 0.00000145. The van der Waals surface area contributed by atoms with Crippen molar-refractivity contribution in [2.75, 3.05) is 43.1 Å². The smallest absolute Gasteiger partial charge is 0.202 e. The van der Waals surface area contributed by atoms with Crippen LogP contribution in [0.15, 0.2) is 36.7 Å². The van der Waals surface area contributed by atoms with E-state index in [1.807, 2.05) is 39.0 Å². The molecule has 0 unspecified atom stereocenters. The lowest BCUT2D eigenvalue weighted by Crippen LogP contribution is -2.23. The molecule has 0 radical (unpaired) electrons. The summed E-state index contributed by atoms with van der Waals surface area (Å²) in [5, 5.41) is 20.3. The van der Waals surface area contributed by atoms with E-state index >= 15 is 0 Å². The number of nitrogens with one attached hydrogen (secondary N) is 2. The molecule has 2 heterocycles. The fourth-order valence-electron chi connectivity index (χ4n) is 2.36. The molecule has 0 atom stereocenters. The molecule has 3 rings (SSSR count). The van der Waals surface area contributed by atoms with E-state index in [2.05, 4.69) is 46.4 Å². The number of hydrogen-bond donors (Lipinski definition) is 3. The maximum Gasteiger partial charge on any atom is 0.202 e. The molecule has 3 N–H and O–H groups in total. The van der Waals surface area contributed by atoms with Gasteiger partial charge in [0.25, 0.3) is 0 Å². The summed E-state index contributed by atoms with van der Waals surface area (Å²) in [6, 6.07) is 5.61. The molecule has 1 aliphatic heterocycles. The van der Waals surface area contributed by atoms with E-state index in [0.29, 0.717) is 30.3 Å². The highest BCUT2D eigenvalue weighted by Crippen LogP contribution is 2.23. The minimum Gasteiger partial charge on any atom is -0.380 e. The molecule has 160 valence electrons. The van der Waals surface area contributed by atoms with Crippen molar-refractivity contribution in [1.29, 1.82) is 0 Å². The maximum atomic E-state index is 9.49. The lowest BCUT2D eigenvalue weighted by Gasteiger charge is -2.14. The molecule has 9 nitrogen and oxygen atoms in total. The molecule has 1 saturated heterocycles. The number of anilines is 1. The number of nitrogens with zero attached hydrogens (tertiary/aromatic N) is 4. The number of rotatable bonds is 6. The number of aliphatic imine (C=N–C) groups is 1. The number of aryl methyl sites for hydroxylation is 1. The van der Waals surface area contributed by atoms with Gasteiger partial charge in [-0.1, -0.05) is 46.5 Å². The second-order valence-corrected chi connectivity index (χ2v) is 8.58. The fourth-order valence-corrected chi connectivity index (χ4v) is 4.16. The Morgan fingerprint density at radius 2 is 2.03 bits per heavy atom. The second-order valence-electron chi connectivity index (χ2n) is 5.73. The Labute approximate surface area is 181 Å². The molecule has 0 aliphatic carbocycles. The van der Waals surface area contributed by atoms with Gasteiger partial charge < -0.3 is 10.1 Å².